The molecular formula is C12H28N2O. The van der Waals surface area contributed by atoms with Crippen LogP contribution in [0.15, 0.2) is 0 Å². The maximum absolute atomic E-state index is 5.28. The topological polar surface area (TPSA) is 24.5 Å². The van der Waals surface area contributed by atoms with Gasteiger partial charge >= 0.3 is 0 Å². The molecular weight excluding hydrogens is 188 g/mol. The van der Waals surface area contributed by atoms with Crippen molar-refractivity contribution >= 4 is 0 Å². The van der Waals surface area contributed by atoms with Gasteiger partial charge in [0.05, 0.1) is 6.61 Å². The van der Waals surface area contributed by atoms with Crippen molar-refractivity contribution in [2.75, 3.05) is 33.9 Å². The second kappa shape index (κ2) is 7.20. The lowest BCUT2D eigenvalue weighted by atomic mass is 9.98. The third-order valence-corrected chi connectivity index (χ3v) is 3.36. The molecule has 3 heteroatoms. The van der Waals surface area contributed by atoms with Crippen LogP contribution in [0.2, 0.25) is 0 Å². The number of rotatable bonds is 8. The molecule has 0 aromatic heterocycles. The molecule has 1 N–H and O–H groups in total. The van der Waals surface area contributed by atoms with Gasteiger partial charge in [-0.25, -0.2) is 0 Å². The average Bonchev–Trinajstić information content (AvgIpc) is 2.23. The summed E-state index contributed by atoms with van der Waals surface area (Å²) in [6, 6.07) is 0.449. The zero-order valence-electron chi connectivity index (χ0n) is 11.3. The second-order valence-corrected chi connectivity index (χ2v) is 4.69. The van der Waals surface area contributed by atoms with E-state index < -0.39 is 0 Å². The molecule has 0 rings (SSSR count). The summed E-state index contributed by atoms with van der Waals surface area (Å²) >= 11 is 0. The number of ether oxygens (including phenoxy) is 1. The Hall–Kier alpha value is -0.120. The maximum atomic E-state index is 5.28. The minimum Gasteiger partial charge on any atom is -0.383 e. The standard InChI is InChI=1S/C12H28N2O/c1-7-12(3,4)14(5)11(10-15-6)9-13-8-2/h11,13H,7-10H2,1-6H3. The number of hydrogen-bond donors (Lipinski definition) is 1. The van der Waals surface area contributed by atoms with Gasteiger partial charge in [-0.3, -0.25) is 4.90 Å². The summed E-state index contributed by atoms with van der Waals surface area (Å²) in [5.41, 5.74) is 0.235. The van der Waals surface area contributed by atoms with Crippen molar-refractivity contribution in [3.05, 3.63) is 0 Å². The predicted molar refractivity (Wildman–Crippen MR) is 66.3 cm³/mol. The van der Waals surface area contributed by atoms with E-state index in [1.807, 2.05) is 0 Å². The van der Waals surface area contributed by atoms with Crippen LogP contribution in [-0.2, 0) is 4.74 Å². The van der Waals surface area contributed by atoms with E-state index in [-0.39, 0.29) is 5.54 Å². The first kappa shape index (κ1) is 14.9. The van der Waals surface area contributed by atoms with Gasteiger partial charge in [0.25, 0.3) is 0 Å². The summed E-state index contributed by atoms with van der Waals surface area (Å²) in [5.74, 6) is 0. The van der Waals surface area contributed by atoms with Crippen molar-refractivity contribution in [1.29, 1.82) is 0 Å². The molecule has 0 amide bonds. The molecule has 0 aliphatic carbocycles. The molecule has 0 aromatic carbocycles. The number of hydrogen-bond acceptors (Lipinski definition) is 3. The lowest BCUT2D eigenvalue weighted by molar-refractivity contribution is 0.0420. The van der Waals surface area contributed by atoms with Crippen LogP contribution in [0.1, 0.15) is 34.1 Å². The van der Waals surface area contributed by atoms with Gasteiger partial charge in [0, 0.05) is 25.2 Å². The van der Waals surface area contributed by atoms with E-state index in [0.717, 1.165) is 26.1 Å². The van der Waals surface area contributed by atoms with Crippen LogP contribution in [0.5, 0.6) is 0 Å². The first-order valence-electron chi connectivity index (χ1n) is 5.92. The van der Waals surface area contributed by atoms with Crippen LogP contribution < -0.4 is 5.32 Å². The van der Waals surface area contributed by atoms with Crippen molar-refractivity contribution in [3.8, 4) is 0 Å². The first-order valence-corrected chi connectivity index (χ1v) is 5.92. The predicted octanol–water partition coefficient (Wildman–Crippen LogP) is 1.73. The number of likely N-dealkylation sites (N-methyl/N-ethyl adjacent to an activating group) is 2. The van der Waals surface area contributed by atoms with Crippen molar-refractivity contribution in [2.45, 2.75) is 45.7 Å². The molecule has 0 spiro atoms. The normalized spacial score (nSPS) is 14.6. The molecule has 0 radical (unpaired) electrons. The average molecular weight is 216 g/mol. The van der Waals surface area contributed by atoms with Gasteiger partial charge in [-0.05, 0) is 33.9 Å². The van der Waals surface area contributed by atoms with E-state index in [2.05, 4.69) is 45.0 Å². The highest BCUT2D eigenvalue weighted by Gasteiger charge is 2.27. The van der Waals surface area contributed by atoms with Gasteiger partial charge in [0.15, 0.2) is 0 Å². The van der Waals surface area contributed by atoms with Crippen molar-refractivity contribution in [1.82, 2.24) is 10.2 Å². The van der Waals surface area contributed by atoms with Gasteiger partial charge in [-0.1, -0.05) is 13.8 Å². The molecule has 0 saturated heterocycles. The summed E-state index contributed by atoms with van der Waals surface area (Å²) in [7, 11) is 3.95. The van der Waals surface area contributed by atoms with Crippen LogP contribution in [0.3, 0.4) is 0 Å². The molecule has 0 aliphatic heterocycles. The largest absolute Gasteiger partial charge is 0.383 e. The lowest BCUT2D eigenvalue weighted by Crippen LogP contribution is -2.52. The molecule has 0 fully saturated rings. The molecule has 0 aromatic rings. The number of nitrogens with one attached hydrogen (secondary N) is 1. The first-order chi connectivity index (χ1) is 6.99. The van der Waals surface area contributed by atoms with E-state index in [4.69, 9.17) is 4.74 Å². The third kappa shape index (κ3) is 4.96. The minimum absolute atomic E-state index is 0.235. The molecule has 92 valence electrons. The van der Waals surface area contributed by atoms with Gasteiger partial charge in [0.2, 0.25) is 0 Å². The Morgan fingerprint density at radius 2 is 1.93 bits per heavy atom. The quantitative estimate of drug-likeness (QED) is 0.669. The fourth-order valence-corrected chi connectivity index (χ4v) is 1.55. The highest BCUT2D eigenvalue weighted by Crippen LogP contribution is 2.19. The van der Waals surface area contributed by atoms with Crippen molar-refractivity contribution in [2.24, 2.45) is 0 Å². The van der Waals surface area contributed by atoms with E-state index in [1.54, 1.807) is 7.11 Å². The van der Waals surface area contributed by atoms with Gasteiger partial charge in [-0.2, -0.15) is 0 Å². The monoisotopic (exact) mass is 216 g/mol. The summed E-state index contributed by atoms with van der Waals surface area (Å²) < 4.78 is 5.28. The van der Waals surface area contributed by atoms with E-state index in [9.17, 15) is 0 Å². The zero-order valence-corrected chi connectivity index (χ0v) is 11.3. The lowest BCUT2D eigenvalue weighted by Gasteiger charge is -2.40. The Labute approximate surface area is 95.2 Å². The number of methoxy groups -OCH3 is 1. The Kier molecular flexibility index (Phi) is 7.14. The molecule has 0 bridgehead atoms. The third-order valence-electron chi connectivity index (χ3n) is 3.36. The van der Waals surface area contributed by atoms with Crippen molar-refractivity contribution < 1.29 is 4.74 Å². The Morgan fingerprint density at radius 1 is 1.33 bits per heavy atom. The van der Waals surface area contributed by atoms with Crippen LogP contribution in [0.25, 0.3) is 0 Å². The van der Waals surface area contributed by atoms with Crippen LogP contribution in [0, 0.1) is 0 Å². The maximum Gasteiger partial charge on any atom is 0.0630 e. The van der Waals surface area contributed by atoms with E-state index in [0.29, 0.717) is 6.04 Å². The SMILES string of the molecule is CCNCC(COC)N(C)C(C)(C)CC. The zero-order chi connectivity index (χ0) is 11.9. The highest BCUT2D eigenvalue weighted by atomic mass is 16.5. The Morgan fingerprint density at radius 3 is 2.33 bits per heavy atom. The van der Waals surface area contributed by atoms with Crippen LogP contribution in [-0.4, -0.2) is 50.3 Å². The Balaban J connectivity index is 4.32. The fraction of sp³-hybridized carbons (Fsp3) is 1.00. The summed E-state index contributed by atoms with van der Waals surface area (Å²) in [5, 5.41) is 3.39. The second-order valence-electron chi connectivity index (χ2n) is 4.69. The fourth-order valence-electron chi connectivity index (χ4n) is 1.55. The smallest absolute Gasteiger partial charge is 0.0630 e. The van der Waals surface area contributed by atoms with Crippen molar-refractivity contribution in [3.63, 3.8) is 0 Å². The van der Waals surface area contributed by atoms with E-state index >= 15 is 0 Å². The summed E-state index contributed by atoms with van der Waals surface area (Å²) in [4.78, 5) is 2.42. The van der Waals surface area contributed by atoms with Crippen LogP contribution in [0.4, 0.5) is 0 Å². The minimum atomic E-state index is 0.235. The summed E-state index contributed by atoms with van der Waals surface area (Å²) in [6.45, 7) is 11.7. The molecule has 0 saturated carbocycles. The molecule has 0 aliphatic rings. The van der Waals surface area contributed by atoms with Gasteiger partial charge < -0.3 is 10.1 Å². The van der Waals surface area contributed by atoms with E-state index in [1.165, 1.54) is 0 Å². The Bertz CT molecular complexity index is 160. The number of nitrogens with zero attached hydrogens (tertiary/aromatic N) is 1. The molecule has 1 atom stereocenters. The highest BCUT2D eigenvalue weighted by molar-refractivity contribution is 4.84. The molecule has 3 nitrogen and oxygen atoms in total. The molecule has 0 heterocycles. The molecule has 15 heavy (non-hydrogen) atoms. The molecule has 1 unspecified atom stereocenters. The van der Waals surface area contributed by atoms with Gasteiger partial charge in [-0.15, -0.1) is 0 Å². The van der Waals surface area contributed by atoms with Crippen LogP contribution >= 0.6 is 0 Å². The summed E-state index contributed by atoms with van der Waals surface area (Å²) in [6.07, 6.45) is 1.15. The van der Waals surface area contributed by atoms with Gasteiger partial charge in [0.1, 0.15) is 0 Å².